The Bertz CT molecular complexity index is 471. The minimum Gasteiger partial charge on any atom is -0.382 e. The second kappa shape index (κ2) is 5.80. The molecule has 104 valence electrons. The minimum atomic E-state index is -0.0861. The number of methoxy groups -OCH3 is 1. The molecule has 1 fully saturated rings. The molecule has 1 aromatic carbocycles. The summed E-state index contributed by atoms with van der Waals surface area (Å²) in [6.45, 7) is 0. The fraction of sp³-hybridized carbons (Fsp3) is 0.500. The zero-order valence-corrected chi connectivity index (χ0v) is 12.2. The van der Waals surface area contributed by atoms with E-state index in [1.807, 2.05) is 12.1 Å². The van der Waals surface area contributed by atoms with E-state index in [1.54, 1.807) is 27.3 Å². The van der Waals surface area contributed by atoms with E-state index in [1.165, 1.54) is 4.90 Å². The summed E-state index contributed by atoms with van der Waals surface area (Å²) in [5.41, 5.74) is 1.45. The minimum absolute atomic E-state index is 0.0861. The number of benzene rings is 1. The molecule has 0 unspecified atom stereocenters. The van der Waals surface area contributed by atoms with Crippen molar-refractivity contribution in [2.75, 3.05) is 26.5 Å². The highest BCUT2D eigenvalue weighted by atomic mass is 35.5. The lowest BCUT2D eigenvalue weighted by Crippen LogP contribution is -2.40. The Labute approximate surface area is 118 Å². The first-order chi connectivity index (χ1) is 9.01. The molecule has 1 aromatic rings. The third-order valence-corrected chi connectivity index (χ3v) is 3.73. The maximum absolute atomic E-state index is 12.0. The largest absolute Gasteiger partial charge is 0.382 e. The normalized spacial score (nSPS) is 21.7. The SMILES string of the molecule is COC1CC(Nc2ccc(Cl)c(C(=O)N(C)C)c2)C1. The van der Waals surface area contributed by atoms with Gasteiger partial charge in [-0.05, 0) is 31.0 Å². The highest BCUT2D eigenvalue weighted by molar-refractivity contribution is 6.34. The first-order valence-electron chi connectivity index (χ1n) is 6.31. The van der Waals surface area contributed by atoms with Crippen LogP contribution in [-0.4, -0.2) is 44.2 Å². The van der Waals surface area contributed by atoms with Gasteiger partial charge in [0.05, 0.1) is 16.7 Å². The van der Waals surface area contributed by atoms with Crippen molar-refractivity contribution >= 4 is 23.2 Å². The second-order valence-corrected chi connectivity index (χ2v) is 5.47. The van der Waals surface area contributed by atoms with Gasteiger partial charge in [-0.3, -0.25) is 4.79 Å². The molecule has 1 aliphatic carbocycles. The van der Waals surface area contributed by atoms with E-state index in [9.17, 15) is 4.79 Å². The Balaban J connectivity index is 2.07. The van der Waals surface area contributed by atoms with Gasteiger partial charge in [0.25, 0.3) is 5.91 Å². The average molecular weight is 283 g/mol. The Morgan fingerprint density at radius 3 is 2.68 bits per heavy atom. The maximum atomic E-state index is 12.0. The van der Waals surface area contributed by atoms with Gasteiger partial charge in [0.1, 0.15) is 0 Å². The van der Waals surface area contributed by atoms with Crippen molar-refractivity contribution in [1.29, 1.82) is 0 Å². The molecule has 0 saturated heterocycles. The molecule has 2 rings (SSSR count). The number of anilines is 1. The lowest BCUT2D eigenvalue weighted by Gasteiger charge is -2.35. The highest BCUT2D eigenvalue weighted by Gasteiger charge is 2.28. The third kappa shape index (κ3) is 3.19. The number of carbonyl (C=O) groups excluding carboxylic acids is 1. The number of hydrogen-bond donors (Lipinski definition) is 1. The first kappa shape index (κ1) is 14.2. The van der Waals surface area contributed by atoms with Gasteiger partial charge in [0.15, 0.2) is 0 Å². The summed E-state index contributed by atoms with van der Waals surface area (Å²) in [5.74, 6) is -0.0861. The summed E-state index contributed by atoms with van der Waals surface area (Å²) in [5, 5.41) is 3.87. The molecule has 0 radical (unpaired) electrons. The van der Waals surface area contributed by atoms with Crippen LogP contribution in [0.4, 0.5) is 5.69 Å². The van der Waals surface area contributed by atoms with Crippen molar-refractivity contribution < 1.29 is 9.53 Å². The van der Waals surface area contributed by atoms with Crippen LogP contribution >= 0.6 is 11.6 Å². The average Bonchev–Trinajstić information content (AvgIpc) is 2.34. The van der Waals surface area contributed by atoms with Crippen LogP contribution in [0.25, 0.3) is 0 Å². The summed E-state index contributed by atoms with van der Waals surface area (Å²) < 4.78 is 5.24. The molecule has 1 amide bonds. The Hall–Kier alpha value is -1.26. The van der Waals surface area contributed by atoms with Crippen molar-refractivity contribution in [3.8, 4) is 0 Å². The number of carbonyl (C=O) groups is 1. The summed E-state index contributed by atoms with van der Waals surface area (Å²) in [7, 11) is 5.17. The highest BCUT2D eigenvalue weighted by Crippen LogP contribution is 2.28. The predicted molar refractivity (Wildman–Crippen MR) is 76.9 cm³/mol. The van der Waals surface area contributed by atoms with Gasteiger partial charge in [-0.1, -0.05) is 11.6 Å². The van der Waals surface area contributed by atoms with E-state index in [0.29, 0.717) is 22.7 Å². The van der Waals surface area contributed by atoms with Gasteiger partial charge in [-0.15, -0.1) is 0 Å². The lowest BCUT2D eigenvalue weighted by molar-refractivity contribution is 0.0328. The van der Waals surface area contributed by atoms with Crippen LogP contribution in [0, 0.1) is 0 Å². The van der Waals surface area contributed by atoms with Gasteiger partial charge < -0.3 is 15.0 Å². The molecular weight excluding hydrogens is 264 g/mol. The van der Waals surface area contributed by atoms with E-state index >= 15 is 0 Å². The van der Waals surface area contributed by atoms with E-state index in [-0.39, 0.29) is 5.91 Å². The van der Waals surface area contributed by atoms with Crippen molar-refractivity contribution in [2.45, 2.75) is 25.0 Å². The molecule has 0 spiro atoms. The third-order valence-electron chi connectivity index (χ3n) is 3.40. The quantitative estimate of drug-likeness (QED) is 0.923. The Morgan fingerprint density at radius 1 is 1.42 bits per heavy atom. The van der Waals surface area contributed by atoms with Crippen LogP contribution < -0.4 is 5.32 Å². The van der Waals surface area contributed by atoms with Crippen LogP contribution in [0.15, 0.2) is 18.2 Å². The smallest absolute Gasteiger partial charge is 0.254 e. The topological polar surface area (TPSA) is 41.6 Å². The fourth-order valence-electron chi connectivity index (χ4n) is 2.13. The number of hydrogen-bond acceptors (Lipinski definition) is 3. The van der Waals surface area contributed by atoms with Crippen molar-refractivity contribution in [2.24, 2.45) is 0 Å². The molecule has 0 aromatic heterocycles. The van der Waals surface area contributed by atoms with Gasteiger partial charge in [0, 0.05) is 32.9 Å². The van der Waals surface area contributed by atoms with E-state index in [4.69, 9.17) is 16.3 Å². The molecule has 0 atom stereocenters. The van der Waals surface area contributed by atoms with Crippen molar-refractivity contribution in [3.05, 3.63) is 28.8 Å². The molecule has 4 nitrogen and oxygen atoms in total. The number of nitrogens with one attached hydrogen (secondary N) is 1. The van der Waals surface area contributed by atoms with Gasteiger partial charge in [-0.2, -0.15) is 0 Å². The van der Waals surface area contributed by atoms with Crippen LogP contribution in [-0.2, 0) is 4.74 Å². The molecule has 0 heterocycles. The fourth-order valence-corrected chi connectivity index (χ4v) is 2.33. The molecule has 1 N–H and O–H groups in total. The van der Waals surface area contributed by atoms with E-state index in [2.05, 4.69) is 5.32 Å². The van der Waals surface area contributed by atoms with Crippen LogP contribution in [0.3, 0.4) is 0 Å². The molecule has 0 aliphatic heterocycles. The Morgan fingerprint density at radius 2 is 2.11 bits per heavy atom. The van der Waals surface area contributed by atoms with Crippen molar-refractivity contribution in [3.63, 3.8) is 0 Å². The number of amides is 1. The van der Waals surface area contributed by atoms with Crippen LogP contribution in [0.5, 0.6) is 0 Å². The summed E-state index contributed by atoms with van der Waals surface area (Å²) in [6.07, 6.45) is 2.35. The molecule has 0 bridgehead atoms. The summed E-state index contributed by atoms with van der Waals surface area (Å²) in [4.78, 5) is 13.5. The van der Waals surface area contributed by atoms with Gasteiger partial charge in [0.2, 0.25) is 0 Å². The molecule has 19 heavy (non-hydrogen) atoms. The Kier molecular flexibility index (Phi) is 4.32. The molecule has 5 heteroatoms. The van der Waals surface area contributed by atoms with E-state index < -0.39 is 0 Å². The van der Waals surface area contributed by atoms with Gasteiger partial charge >= 0.3 is 0 Å². The standard InChI is InChI=1S/C14H19ClN2O2/c1-17(2)14(18)12-8-9(4-5-13(12)15)16-10-6-11(7-10)19-3/h4-5,8,10-11,16H,6-7H2,1-3H3. The zero-order chi connectivity index (χ0) is 14.0. The molecule has 1 aliphatic rings. The van der Waals surface area contributed by atoms with Crippen LogP contribution in [0.1, 0.15) is 23.2 Å². The predicted octanol–water partition coefficient (Wildman–Crippen LogP) is 2.63. The number of ether oxygens (including phenoxy) is 1. The number of nitrogens with zero attached hydrogens (tertiary/aromatic N) is 1. The van der Waals surface area contributed by atoms with Gasteiger partial charge in [-0.25, -0.2) is 0 Å². The van der Waals surface area contributed by atoms with Crippen molar-refractivity contribution in [1.82, 2.24) is 4.90 Å². The molecule has 1 saturated carbocycles. The number of rotatable bonds is 4. The van der Waals surface area contributed by atoms with Crippen LogP contribution in [0.2, 0.25) is 5.02 Å². The molecular formula is C14H19ClN2O2. The lowest BCUT2D eigenvalue weighted by atomic mass is 9.89. The summed E-state index contributed by atoms with van der Waals surface area (Å²) in [6, 6.07) is 5.88. The summed E-state index contributed by atoms with van der Waals surface area (Å²) >= 11 is 6.07. The van der Waals surface area contributed by atoms with E-state index in [0.717, 1.165) is 18.5 Å². The zero-order valence-electron chi connectivity index (χ0n) is 11.4. The first-order valence-corrected chi connectivity index (χ1v) is 6.69. The monoisotopic (exact) mass is 282 g/mol. The second-order valence-electron chi connectivity index (χ2n) is 5.06. The number of halogens is 1. The maximum Gasteiger partial charge on any atom is 0.254 e.